The van der Waals surface area contributed by atoms with Gasteiger partial charge in [0.25, 0.3) is 0 Å². The summed E-state index contributed by atoms with van der Waals surface area (Å²) in [5, 5.41) is 0. The average Bonchev–Trinajstić information content (AvgIpc) is 2.42. The third-order valence-corrected chi connectivity index (χ3v) is 2.74. The molecule has 0 amide bonds. The minimum Gasteiger partial charge on any atom is -0.379 e. The maximum Gasteiger partial charge on any atom is 0.188 e. The summed E-state index contributed by atoms with van der Waals surface area (Å²) >= 11 is 0. The predicted molar refractivity (Wildman–Crippen MR) is 72.1 cm³/mol. The summed E-state index contributed by atoms with van der Waals surface area (Å²) in [7, 11) is 0. The van der Waals surface area contributed by atoms with E-state index in [1.54, 1.807) is 0 Å². The number of carbonyl (C=O) groups is 1. The molecule has 0 aliphatic carbocycles. The van der Waals surface area contributed by atoms with Crippen molar-refractivity contribution in [3.63, 3.8) is 0 Å². The van der Waals surface area contributed by atoms with Crippen LogP contribution in [-0.4, -0.2) is 31.7 Å². The molecular weight excluding hydrogens is 228 g/mol. The lowest BCUT2D eigenvalue weighted by molar-refractivity contribution is 0.00115. The molecule has 0 aliphatic rings. The Balaban J connectivity index is 2.39. The second kappa shape index (κ2) is 8.01. The number of rotatable bonds is 8. The lowest BCUT2D eigenvalue weighted by Crippen LogP contribution is -2.20. The van der Waals surface area contributed by atoms with Crippen molar-refractivity contribution in [3.05, 3.63) is 35.4 Å². The highest BCUT2D eigenvalue weighted by atomic mass is 16.5. The van der Waals surface area contributed by atoms with Crippen LogP contribution in [0.3, 0.4) is 0 Å². The second-order valence-electron chi connectivity index (χ2n) is 4.25. The van der Waals surface area contributed by atoms with Crippen molar-refractivity contribution in [3.8, 4) is 0 Å². The Morgan fingerprint density at radius 1 is 1.22 bits per heavy atom. The summed E-state index contributed by atoms with van der Waals surface area (Å²) in [6.45, 7) is 7.24. The van der Waals surface area contributed by atoms with Crippen molar-refractivity contribution in [1.82, 2.24) is 0 Å². The van der Waals surface area contributed by atoms with Crippen LogP contribution in [0.15, 0.2) is 24.3 Å². The number of Topliss-reactive ketones (excluding diaryl/α,β-unsaturated/α-hetero) is 1. The second-order valence-corrected chi connectivity index (χ2v) is 4.25. The highest BCUT2D eigenvalue weighted by molar-refractivity contribution is 5.97. The van der Waals surface area contributed by atoms with Crippen LogP contribution < -0.4 is 0 Å². The average molecular weight is 250 g/mol. The van der Waals surface area contributed by atoms with Gasteiger partial charge >= 0.3 is 0 Å². The van der Waals surface area contributed by atoms with Gasteiger partial charge in [0.15, 0.2) is 5.78 Å². The molecule has 0 saturated heterocycles. The maximum absolute atomic E-state index is 11.9. The van der Waals surface area contributed by atoms with E-state index >= 15 is 0 Å². The standard InChI is InChI=1S/C15H22O3/c1-4-13-6-8-14(9-7-13)15(16)11-18-12(3)10-17-5-2/h6-9,12H,4-5,10-11H2,1-3H3. The van der Waals surface area contributed by atoms with Crippen molar-refractivity contribution < 1.29 is 14.3 Å². The van der Waals surface area contributed by atoms with Crippen molar-refractivity contribution in [2.24, 2.45) is 0 Å². The fourth-order valence-corrected chi connectivity index (χ4v) is 1.56. The smallest absolute Gasteiger partial charge is 0.188 e. The molecule has 100 valence electrons. The Morgan fingerprint density at radius 2 is 1.89 bits per heavy atom. The first kappa shape index (κ1) is 14.9. The molecule has 18 heavy (non-hydrogen) atoms. The van der Waals surface area contributed by atoms with Gasteiger partial charge < -0.3 is 9.47 Å². The van der Waals surface area contributed by atoms with Gasteiger partial charge in [0, 0.05) is 12.2 Å². The van der Waals surface area contributed by atoms with Crippen LogP contribution in [0.1, 0.15) is 36.7 Å². The van der Waals surface area contributed by atoms with Gasteiger partial charge in [0.1, 0.15) is 6.61 Å². The van der Waals surface area contributed by atoms with E-state index in [9.17, 15) is 4.79 Å². The van der Waals surface area contributed by atoms with E-state index in [2.05, 4.69) is 6.92 Å². The van der Waals surface area contributed by atoms with E-state index in [1.165, 1.54) is 5.56 Å². The third-order valence-electron chi connectivity index (χ3n) is 2.74. The summed E-state index contributed by atoms with van der Waals surface area (Å²) in [5.41, 5.74) is 1.94. The topological polar surface area (TPSA) is 35.5 Å². The monoisotopic (exact) mass is 250 g/mol. The zero-order valence-corrected chi connectivity index (χ0v) is 11.4. The Bertz CT molecular complexity index is 357. The molecule has 3 nitrogen and oxygen atoms in total. The molecule has 1 unspecified atom stereocenters. The van der Waals surface area contributed by atoms with Crippen LogP contribution in [0.5, 0.6) is 0 Å². The fourth-order valence-electron chi connectivity index (χ4n) is 1.56. The molecule has 0 heterocycles. The maximum atomic E-state index is 11.9. The normalized spacial score (nSPS) is 12.4. The Hall–Kier alpha value is -1.19. The number of ketones is 1. The fraction of sp³-hybridized carbons (Fsp3) is 0.533. The summed E-state index contributed by atoms with van der Waals surface area (Å²) < 4.78 is 10.7. The minimum atomic E-state index is -0.0520. The quantitative estimate of drug-likeness (QED) is 0.665. The van der Waals surface area contributed by atoms with Gasteiger partial charge in [0.2, 0.25) is 0 Å². The van der Waals surface area contributed by atoms with Crippen molar-refractivity contribution in [2.45, 2.75) is 33.3 Å². The highest BCUT2D eigenvalue weighted by Crippen LogP contribution is 2.06. The summed E-state index contributed by atoms with van der Waals surface area (Å²) in [5.74, 6) is 0.0148. The first-order valence-corrected chi connectivity index (χ1v) is 6.48. The molecule has 0 N–H and O–H groups in total. The van der Waals surface area contributed by atoms with Crippen LogP contribution in [-0.2, 0) is 15.9 Å². The molecular formula is C15H22O3. The number of aryl methyl sites for hydroxylation is 1. The number of carbonyl (C=O) groups excluding carboxylic acids is 1. The molecule has 0 aromatic heterocycles. The van der Waals surface area contributed by atoms with Crippen LogP contribution in [0, 0.1) is 0 Å². The van der Waals surface area contributed by atoms with Crippen LogP contribution in [0.2, 0.25) is 0 Å². The molecule has 0 spiro atoms. The Labute approximate surface area is 109 Å². The third kappa shape index (κ3) is 4.98. The van der Waals surface area contributed by atoms with Crippen molar-refractivity contribution in [2.75, 3.05) is 19.8 Å². The number of hydrogen-bond acceptors (Lipinski definition) is 3. The number of ether oxygens (including phenoxy) is 2. The van der Waals surface area contributed by atoms with Gasteiger partial charge in [-0.2, -0.15) is 0 Å². The van der Waals surface area contributed by atoms with E-state index in [-0.39, 0.29) is 18.5 Å². The van der Waals surface area contributed by atoms with Crippen LogP contribution >= 0.6 is 0 Å². The number of hydrogen-bond donors (Lipinski definition) is 0. The lowest BCUT2D eigenvalue weighted by Gasteiger charge is -2.12. The van der Waals surface area contributed by atoms with E-state index in [1.807, 2.05) is 38.1 Å². The van der Waals surface area contributed by atoms with Gasteiger partial charge in [-0.3, -0.25) is 4.79 Å². The van der Waals surface area contributed by atoms with Gasteiger partial charge in [-0.25, -0.2) is 0 Å². The molecule has 1 aromatic carbocycles. The predicted octanol–water partition coefficient (Wildman–Crippen LogP) is 2.87. The summed E-state index contributed by atoms with van der Waals surface area (Å²) in [4.78, 5) is 11.9. The number of benzene rings is 1. The first-order valence-electron chi connectivity index (χ1n) is 6.48. The van der Waals surface area contributed by atoms with E-state index < -0.39 is 0 Å². The zero-order valence-electron chi connectivity index (χ0n) is 11.4. The molecule has 1 aromatic rings. The van der Waals surface area contributed by atoms with Gasteiger partial charge in [-0.05, 0) is 25.8 Å². The minimum absolute atomic E-state index is 0.0148. The molecule has 0 bridgehead atoms. The van der Waals surface area contributed by atoms with Gasteiger partial charge in [-0.1, -0.05) is 31.2 Å². The van der Waals surface area contributed by atoms with Crippen molar-refractivity contribution in [1.29, 1.82) is 0 Å². The summed E-state index contributed by atoms with van der Waals surface area (Å²) in [6, 6.07) is 7.68. The molecule has 1 atom stereocenters. The first-order chi connectivity index (χ1) is 8.67. The highest BCUT2D eigenvalue weighted by Gasteiger charge is 2.09. The van der Waals surface area contributed by atoms with Gasteiger partial charge in [0.05, 0.1) is 12.7 Å². The molecule has 1 rings (SSSR count). The van der Waals surface area contributed by atoms with Crippen LogP contribution in [0.25, 0.3) is 0 Å². The Kier molecular flexibility index (Phi) is 6.61. The van der Waals surface area contributed by atoms with Crippen molar-refractivity contribution >= 4 is 5.78 Å². The molecule has 0 fully saturated rings. The van der Waals surface area contributed by atoms with E-state index in [0.717, 1.165) is 6.42 Å². The van der Waals surface area contributed by atoms with Gasteiger partial charge in [-0.15, -0.1) is 0 Å². The van der Waals surface area contributed by atoms with E-state index in [4.69, 9.17) is 9.47 Å². The largest absolute Gasteiger partial charge is 0.379 e. The lowest BCUT2D eigenvalue weighted by atomic mass is 10.1. The summed E-state index contributed by atoms with van der Waals surface area (Å²) in [6.07, 6.45) is 0.930. The SMILES string of the molecule is CCOCC(C)OCC(=O)c1ccc(CC)cc1. The van der Waals surface area contributed by atoms with Crippen LogP contribution in [0.4, 0.5) is 0 Å². The Morgan fingerprint density at radius 3 is 2.44 bits per heavy atom. The molecule has 0 radical (unpaired) electrons. The zero-order chi connectivity index (χ0) is 13.4. The molecule has 3 heteroatoms. The molecule has 0 saturated carbocycles. The van der Waals surface area contributed by atoms with E-state index in [0.29, 0.717) is 18.8 Å². The molecule has 0 aliphatic heterocycles.